The number of benzene rings is 9. The fourth-order valence-electron chi connectivity index (χ4n) is 12.5. The van der Waals surface area contributed by atoms with Gasteiger partial charge in [0.25, 0.3) is 0 Å². The number of nitrogens with zero attached hydrogens (tertiary/aromatic N) is 1. The van der Waals surface area contributed by atoms with Crippen molar-refractivity contribution in [2.45, 2.75) is 90.9 Å². The standard InChI is InChI=1S/C68H61N/c1-42-15-28-50(29-16-42)69(52-31-36-58-56-34-19-45(4)39-62(56)68(64(58)41-52)60-37-43(2)17-32-54(60)55-33-18-44(3)38-61(55)68)51-30-35-57-53-13-11-12-14-59(53)67(63(57)40-51,48-24-20-46(21-25-48)65(5,6)7)49-26-22-47(23-27-49)66(8,9)10/h11-41H,1-10H3. The highest BCUT2D eigenvalue weighted by Crippen LogP contribution is 2.64. The van der Waals surface area contributed by atoms with E-state index in [0.717, 1.165) is 17.1 Å². The van der Waals surface area contributed by atoms with E-state index in [9.17, 15) is 0 Å². The van der Waals surface area contributed by atoms with Gasteiger partial charge in [-0.05, 0) is 164 Å². The zero-order valence-electron chi connectivity index (χ0n) is 41.8. The summed E-state index contributed by atoms with van der Waals surface area (Å²) in [5.41, 5.74) is 28.7. The quantitative estimate of drug-likeness (QED) is 0.166. The van der Waals surface area contributed by atoms with Crippen LogP contribution in [0.1, 0.15) is 119 Å². The summed E-state index contributed by atoms with van der Waals surface area (Å²) in [5, 5.41) is 0. The Morgan fingerprint density at radius 3 is 1.04 bits per heavy atom. The van der Waals surface area contributed by atoms with Crippen LogP contribution in [0.2, 0.25) is 0 Å². The van der Waals surface area contributed by atoms with Gasteiger partial charge in [-0.2, -0.15) is 0 Å². The van der Waals surface area contributed by atoms with Crippen molar-refractivity contribution in [1.82, 2.24) is 0 Å². The SMILES string of the molecule is Cc1ccc(N(c2ccc3c(c2)C(c2ccc(C(C)(C)C)cc2)(c2ccc(C(C)(C)C)cc2)c2ccccc2-3)c2ccc3c(c2)C2(c4cc(C)ccc4-c4ccc(C)cc42)c2cc(C)ccc2-3)cc1. The summed E-state index contributed by atoms with van der Waals surface area (Å²) in [4.78, 5) is 2.52. The molecule has 1 nitrogen and oxygen atoms in total. The smallest absolute Gasteiger partial charge is 0.0726 e. The topological polar surface area (TPSA) is 3.24 Å². The van der Waals surface area contributed by atoms with E-state index in [1.54, 1.807) is 0 Å². The van der Waals surface area contributed by atoms with Crippen LogP contribution in [-0.4, -0.2) is 0 Å². The van der Waals surface area contributed by atoms with Crippen LogP contribution in [0.25, 0.3) is 33.4 Å². The molecule has 0 saturated carbocycles. The molecule has 69 heavy (non-hydrogen) atoms. The summed E-state index contributed by atoms with van der Waals surface area (Å²) in [7, 11) is 0. The lowest BCUT2D eigenvalue weighted by molar-refractivity contribution is 0.588. The van der Waals surface area contributed by atoms with E-state index in [1.165, 1.54) is 111 Å². The fraction of sp³-hybridized carbons (Fsp3) is 0.206. The summed E-state index contributed by atoms with van der Waals surface area (Å²) in [6, 6.07) is 73.4. The minimum absolute atomic E-state index is 0.0300. The highest BCUT2D eigenvalue weighted by Gasteiger charge is 2.52. The Morgan fingerprint density at radius 2 is 0.623 bits per heavy atom. The summed E-state index contributed by atoms with van der Waals surface area (Å²) in [5.74, 6) is 0. The molecule has 0 unspecified atom stereocenters. The first-order valence-electron chi connectivity index (χ1n) is 24.9. The Hall–Kier alpha value is -7.22. The molecule has 9 aromatic rings. The molecule has 1 spiro atoms. The van der Waals surface area contributed by atoms with E-state index < -0.39 is 10.8 Å². The number of rotatable bonds is 5. The Kier molecular flexibility index (Phi) is 9.45. The molecule has 338 valence electrons. The predicted molar refractivity (Wildman–Crippen MR) is 291 cm³/mol. The number of anilines is 3. The van der Waals surface area contributed by atoms with Gasteiger partial charge < -0.3 is 4.90 Å². The maximum absolute atomic E-state index is 2.54. The summed E-state index contributed by atoms with van der Waals surface area (Å²) in [6.07, 6.45) is 0. The Labute approximate surface area is 410 Å². The van der Waals surface area contributed by atoms with Crippen molar-refractivity contribution in [3.05, 3.63) is 266 Å². The van der Waals surface area contributed by atoms with Crippen molar-refractivity contribution in [3.8, 4) is 33.4 Å². The lowest BCUT2D eigenvalue weighted by atomic mass is 9.67. The van der Waals surface area contributed by atoms with Crippen molar-refractivity contribution in [2.75, 3.05) is 4.90 Å². The third kappa shape index (κ3) is 6.29. The third-order valence-electron chi connectivity index (χ3n) is 15.9. The van der Waals surface area contributed by atoms with Gasteiger partial charge in [-0.15, -0.1) is 0 Å². The lowest BCUT2D eigenvalue weighted by Gasteiger charge is -2.36. The van der Waals surface area contributed by atoms with Gasteiger partial charge in [0.15, 0.2) is 0 Å². The highest BCUT2D eigenvalue weighted by atomic mass is 15.1. The molecule has 0 fully saturated rings. The predicted octanol–water partition coefficient (Wildman–Crippen LogP) is 17.7. The molecule has 0 bridgehead atoms. The molecule has 0 saturated heterocycles. The lowest BCUT2D eigenvalue weighted by Crippen LogP contribution is -2.29. The van der Waals surface area contributed by atoms with Gasteiger partial charge in [0.05, 0.1) is 10.8 Å². The van der Waals surface area contributed by atoms with Gasteiger partial charge >= 0.3 is 0 Å². The molecule has 3 aliphatic rings. The Balaban J connectivity index is 1.13. The molecule has 3 aliphatic carbocycles. The average molecular weight is 892 g/mol. The second kappa shape index (κ2) is 15.1. The molecule has 0 atom stereocenters. The number of hydrogen-bond donors (Lipinski definition) is 0. The molecule has 0 radical (unpaired) electrons. The molecule has 12 rings (SSSR count). The highest BCUT2D eigenvalue weighted by molar-refractivity contribution is 5.97. The van der Waals surface area contributed by atoms with Gasteiger partial charge in [0.2, 0.25) is 0 Å². The third-order valence-corrected chi connectivity index (χ3v) is 15.9. The van der Waals surface area contributed by atoms with Crippen LogP contribution in [0.3, 0.4) is 0 Å². The maximum Gasteiger partial charge on any atom is 0.0726 e. The zero-order valence-corrected chi connectivity index (χ0v) is 41.8. The summed E-state index contributed by atoms with van der Waals surface area (Å²) in [6.45, 7) is 22.8. The maximum atomic E-state index is 2.54. The first-order chi connectivity index (χ1) is 33.1. The Bertz CT molecular complexity index is 3400. The Morgan fingerprint density at radius 1 is 0.290 bits per heavy atom. The minimum Gasteiger partial charge on any atom is -0.310 e. The van der Waals surface area contributed by atoms with Crippen molar-refractivity contribution in [3.63, 3.8) is 0 Å². The van der Waals surface area contributed by atoms with Gasteiger partial charge in [-0.1, -0.05) is 215 Å². The van der Waals surface area contributed by atoms with Crippen LogP contribution < -0.4 is 4.90 Å². The van der Waals surface area contributed by atoms with Crippen LogP contribution >= 0.6 is 0 Å². The largest absolute Gasteiger partial charge is 0.310 e. The normalized spacial score (nSPS) is 14.5. The molecule has 0 amide bonds. The van der Waals surface area contributed by atoms with Gasteiger partial charge in [0.1, 0.15) is 0 Å². The van der Waals surface area contributed by atoms with Crippen molar-refractivity contribution >= 4 is 17.1 Å². The van der Waals surface area contributed by atoms with E-state index in [1.807, 2.05) is 0 Å². The first-order valence-corrected chi connectivity index (χ1v) is 24.9. The van der Waals surface area contributed by atoms with Crippen LogP contribution in [0, 0.1) is 27.7 Å². The van der Waals surface area contributed by atoms with Crippen LogP contribution in [-0.2, 0) is 21.7 Å². The summed E-state index contributed by atoms with van der Waals surface area (Å²) < 4.78 is 0. The molecule has 0 heterocycles. The number of hydrogen-bond acceptors (Lipinski definition) is 1. The number of aryl methyl sites for hydroxylation is 4. The van der Waals surface area contributed by atoms with E-state index in [-0.39, 0.29) is 10.8 Å². The van der Waals surface area contributed by atoms with Gasteiger partial charge in [-0.3, -0.25) is 0 Å². The van der Waals surface area contributed by atoms with E-state index in [4.69, 9.17) is 0 Å². The monoisotopic (exact) mass is 891 g/mol. The van der Waals surface area contributed by atoms with E-state index in [0.29, 0.717) is 0 Å². The number of fused-ring (bicyclic) bond motifs is 13. The second-order valence-corrected chi connectivity index (χ2v) is 22.5. The fourth-order valence-corrected chi connectivity index (χ4v) is 12.5. The molecular weight excluding hydrogens is 831 g/mol. The molecular formula is C68H61N. The van der Waals surface area contributed by atoms with Crippen LogP contribution in [0.4, 0.5) is 17.1 Å². The van der Waals surface area contributed by atoms with Crippen LogP contribution in [0.5, 0.6) is 0 Å². The minimum atomic E-state index is -0.567. The molecule has 0 aliphatic heterocycles. The van der Waals surface area contributed by atoms with Crippen molar-refractivity contribution in [2.24, 2.45) is 0 Å². The first kappa shape index (κ1) is 43.1. The van der Waals surface area contributed by atoms with Crippen molar-refractivity contribution in [1.29, 1.82) is 0 Å². The van der Waals surface area contributed by atoms with Gasteiger partial charge in [-0.25, -0.2) is 0 Å². The molecule has 9 aromatic carbocycles. The van der Waals surface area contributed by atoms with E-state index >= 15 is 0 Å². The molecule has 0 aromatic heterocycles. The second-order valence-electron chi connectivity index (χ2n) is 22.5. The van der Waals surface area contributed by atoms with Gasteiger partial charge in [0, 0.05) is 17.1 Å². The molecule has 0 N–H and O–H groups in total. The molecule has 1 heteroatoms. The van der Waals surface area contributed by atoms with Crippen molar-refractivity contribution < 1.29 is 0 Å². The zero-order chi connectivity index (χ0) is 47.8. The van der Waals surface area contributed by atoms with E-state index in [2.05, 4.69) is 262 Å². The van der Waals surface area contributed by atoms with Crippen LogP contribution in [0.15, 0.2) is 188 Å². The average Bonchev–Trinajstić information content (AvgIpc) is 3.90. The summed E-state index contributed by atoms with van der Waals surface area (Å²) >= 11 is 0.